The smallest absolute Gasteiger partial charge is 0.325 e. The molecule has 2 rings (SSSR count). The van der Waals surface area contributed by atoms with Gasteiger partial charge in [-0.3, -0.25) is 9.69 Å². The molecule has 4 heteroatoms. The molecule has 0 bridgehead atoms. The van der Waals surface area contributed by atoms with E-state index in [4.69, 9.17) is 0 Å². The van der Waals surface area contributed by atoms with E-state index in [0.29, 0.717) is 0 Å². The molecule has 86 valence electrons. The molecule has 1 aromatic rings. The van der Waals surface area contributed by atoms with Crippen LogP contribution in [-0.2, 0) is 4.79 Å². The van der Waals surface area contributed by atoms with Crippen LogP contribution in [0.5, 0.6) is 0 Å². The van der Waals surface area contributed by atoms with E-state index in [1.165, 1.54) is 6.07 Å². The number of likely N-dealkylation sites (tertiary alicyclic amines) is 1. The molecule has 16 heavy (non-hydrogen) atoms. The van der Waals surface area contributed by atoms with Crippen LogP contribution in [0.4, 0.5) is 4.39 Å². The molecule has 0 spiro atoms. The van der Waals surface area contributed by atoms with E-state index in [9.17, 15) is 14.3 Å². The van der Waals surface area contributed by atoms with E-state index < -0.39 is 17.8 Å². The van der Waals surface area contributed by atoms with Crippen molar-refractivity contribution in [3.63, 3.8) is 0 Å². The van der Waals surface area contributed by atoms with Crippen molar-refractivity contribution >= 4 is 5.97 Å². The van der Waals surface area contributed by atoms with Crippen LogP contribution in [0.25, 0.3) is 0 Å². The monoisotopic (exact) mass is 223 g/mol. The van der Waals surface area contributed by atoms with Gasteiger partial charge in [0.25, 0.3) is 0 Å². The molecule has 1 saturated heterocycles. The minimum atomic E-state index is -0.980. The summed E-state index contributed by atoms with van der Waals surface area (Å²) in [7, 11) is 0. The Morgan fingerprint density at radius 1 is 1.31 bits per heavy atom. The molecule has 3 nitrogen and oxygen atoms in total. The summed E-state index contributed by atoms with van der Waals surface area (Å²) < 4.78 is 13.6. The lowest BCUT2D eigenvalue weighted by Crippen LogP contribution is -2.32. The maximum atomic E-state index is 13.6. The molecule has 1 fully saturated rings. The predicted octanol–water partition coefficient (Wildman–Crippen LogP) is 2.05. The molecule has 1 aliphatic heterocycles. The van der Waals surface area contributed by atoms with Gasteiger partial charge in [0.05, 0.1) is 0 Å². The normalized spacial score (nSPS) is 18.6. The maximum absolute atomic E-state index is 13.6. The molecule has 1 atom stereocenters. The van der Waals surface area contributed by atoms with Crippen LogP contribution in [0, 0.1) is 5.82 Å². The number of aliphatic carboxylic acids is 1. The van der Waals surface area contributed by atoms with Crippen molar-refractivity contribution in [2.75, 3.05) is 13.1 Å². The van der Waals surface area contributed by atoms with Gasteiger partial charge < -0.3 is 5.11 Å². The number of carbonyl (C=O) groups is 1. The van der Waals surface area contributed by atoms with Gasteiger partial charge in [0.2, 0.25) is 0 Å². The first-order valence-corrected chi connectivity index (χ1v) is 5.41. The average Bonchev–Trinajstić information content (AvgIpc) is 2.74. The second kappa shape index (κ2) is 4.61. The van der Waals surface area contributed by atoms with Gasteiger partial charge in [-0.1, -0.05) is 18.2 Å². The average molecular weight is 223 g/mol. The molecule has 1 aromatic carbocycles. The number of carboxylic acid groups (broad SMARTS) is 1. The molecule has 0 unspecified atom stereocenters. The second-order valence-electron chi connectivity index (χ2n) is 4.01. The lowest BCUT2D eigenvalue weighted by molar-refractivity contribution is -0.143. The molecule has 0 radical (unpaired) electrons. The molecule has 1 aliphatic rings. The van der Waals surface area contributed by atoms with Gasteiger partial charge in [-0.2, -0.15) is 0 Å². The van der Waals surface area contributed by atoms with E-state index in [2.05, 4.69) is 0 Å². The zero-order chi connectivity index (χ0) is 11.5. The minimum absolute atomic E-state index is 0.261. The maximum Gasteiger partial charge on any atom is 0.325 e. The third-order valence-electron chi connectivity index (χ3n) is 2.94. The summed E-state index contributed by atoms with van der Waals surface area (Å²) in [5.41, 5.74) is 0.261. The van der Waals surface area contributed by atoms with Crippen molar-refractivity contribution < 1.29 is 14.3 Å². The van der Waals surface area contributed by atoms with Gasteiger partial charge >= 0.3 is 5.97 Å². The number of halogens is 1. The summed E-state index contributed by atoms with van der Waals surface area (Å²) in [5, 5.41) is 9.20. The molecule has 0 aliphatic carbocycles. The van der Waals surface area contributed by atoms with Crippen LogP contribution < -0.4 is 0 Å². The number of rotatable bonds is 3. The Labute approximate surface area is 93.5 Å². The molecular formula is C12H14FNO2. The van der Waals surface area contributed by atoms with Gasteiger partial charge in [0.1, 0.15) is 11.9 Å². The fourth-order valence-electron chi connectivity index (χ4n) is 2.18. The number of hydrogen-bond acceptors (Lipinski definition) is 2. The number of carboxylic acids is 1. The fourth-order valence-corrected chi connectivity index (χ4v) is 2.18. The Kier molecular flexibility index (Phi) is 3.19. The Hall–Kier alpha value is -1.42. The summed E-state index contributed by atoms with van der Waals surface area (Å²) in [6.07, 6.45) is 1.97. The number of nitrogens with zero attached hydrogens (tertiary/aromatic N) is 1. The van der Waals surface area contributed by atoms with E-state index in [1.54, 1.807) is 18.2 Å². The summed E-state index contributed by atoms with van der Waals surface area (Å²) >= 11 is 0. The van der Waals surface area contributed by atoms with Crippen molar-refractivity contribution in [1.82, 2.24) is 4.90 Å². The topological polar surface area (TPSA) is 40.5 Å². The Balaban J connectivity index is 2.32. The molecule has 1 N–H and O–H groups in total. The minimum Gasteiger partial charge on any atom is -0.480 e. The van der Waals surface area contributed by atoms with Crippen LogP contribution >= 0.6 is 0 Å². The molecule has 0 saturated carbocycles. The highest BCUT2D eigenvalue weighted by molar-refractivity contribution is 5.75. The van der Waals surface area contributed by atoms with Gasteiger partial charge in [0, 0.05) is 5.56 Å². The third-order valence-corrected chi connectivity index (χ3v) is 2.94. The first-order chi connectivity index (χ1) is 7.70. The first-order valence-electron chi connectivity index (χ1n) is 5.41. The summed E-state index contributed by atoms with van der Waals surface area (Å²) in [6.45, 7) is 1.45. The van der Waals surface area contributed by atoms with Crippen molar-refractivity contribution in [3.05, 3.63) is 35.6 Å². The highest BCUT2D eigenvalue weighted by Crippen LogP contribution is 2.26. The van der Waals surface area contributed by atoms with Crippen molar-refractivity contribution in [3.8, 4) is 0 Å². The van der Waals surface area contributed by atoms with Gasteiger partial charge in [-0.25, -0.2) is 4.39 Å². The van der Waals surface area contributed by atoms with Gasteiger partial charge in [-0.05, 0) is 32.0 Å². The Morgan fingerprint density at radius 2 is 1.94 bits per heavy atom. The van der Waals surface area contributed by atoms with Crippen LogP contribution in [0.3, 0.4) is 0 Å². The Bertz CT molecular complexity index is 388. The van der Waals surface area contributed by atoms with Crippen LogP contribution in [0.15, 0.2) is 24.3 Å². The highest BCUT2D eigenvalue weighted by atomic mass is 19.1. The van der Waals surface area contributed by atoms with Crippen molar-refractivity contribution in [2.45, 2.75) is 18.9 Å². The molecular weight excluding hydrogens is 209 g/mol. The van der Waals surface area contributed by atoms with Crippen LogP contribution in [-0.4, -0.2) is 29.1 Å². The lowest BCUT2D eigenvalue weighted by atomic mass is 10.1. The SMILES string of the molecule is O=C(O)[C@H](c1ccccc1F)N1CCCC1. The quantitative estimate of drug-likeness (QED) is 0.852. The summed E-state index contributed by atoms with van der Waals surface area (Å²) in [6, 6.07) is 5.25. The predicted molar refractivity (Wildman–Crippen MR) is 57.6 cm³/mol. The largest absolute Gasteiger partial charge is 0.480 e. The molecule has 0 aromatic heterocycles. The Morgan fingerprint density at radius 3 is 2.50 bits per heavy atom. The fraction of sp³-hybridized carbons (Fsp3) is 0.417. The van der Waals surface area contributed by atoms with E-state index in [0.717, 1.165) is 25.9 Å². The van der Waals surface area contributed by atoms with Crippen molar-refractivity contribution in [1.29, 1.82) is 0 Å². The zero-order valence-electron chi connectivity index (χ0n) is 8.90. The van der Waals surface area contributed by atoms with Crippen LogP contribution in [0.2, 0.25) is 0 Å². The van der Waals surface area contributed by atoms with Crippen molar-refractivity contribution in [2.24, 2.45) is 0 Å². The van der Waals surface area contributed by atoms with Crippen LogP contribution in [0.1, 0.15) is 24.4 Å². The van der Waals surface area contributed by atoms with Gasteiger partial charge in [0.15, 0.2) is 0 Å². The highest BCUT2D eigenvalue weighted by Gasteiger charge is 2.31. The van der Waals surface area contributed by atoms with E-state index >= 15 is 0 Å². The third kappa shape index (κ3) is 2.07. The van der Waals surface area contributed by atoms with E-state index in [-0.39, 0.29) is 5.56 Å². The molecule has 1 heterocycles. The number of benzene rings is 1. The van der Waals surface area contributed by atoms with Gasteiger partial charge in [-0.15, -0.1) is 0 Å². The first kappa shape index (κ1) is 11.1. The molecule has 0 amide bonds. The standard InChI is InChI=1S/C12H14FNO2/c13-10-6-2-1-5-9(10)11(12(15)16)14-7-3-4-8-14/h1-2,5-6,11H,3-4,7-8H2,(H,15,16)/t11-/m0/s1. The zero-order valence-corrected chi connectivity index (χ0v) is 8.90. The summed E-state index contributed by atoms with van der Waals surface area (Å²) in [5.74, 6) is -1.42. The summed E-state index contributed by atoms with van der Waals surface area (Å²) in [4.78, 5) is 13.1. The second-order valence-corrected chi connectivity index (χ2v) is 4.01. The van der Waals surface area contributed by atoms with E-state index in [1.807, 2.05) is 4.90 Å². The number of hydrogen-bond donors (Lipinski definition) is 1. The lowest BCUT2D eigenvalue weighted by Gasteiger charge is -2.24.